The lowest BCUT2D eigenvalue weighted by atomic mass is 10.0. The molecule has 2 aromatic rings. The number of aromatic nitrogens is 1. The Kier molecular flexibility index (Phi) is 5.57. The first-order valence-corrected chi connectivity index (χ1v) is 9.99. The molecule has 0 radical (unpaired) electrons. The third-order valence-corrected chi connectivity index (χ3v) is 5.78. The summed E-state index contributed by atoms with van der Waals surface area (Å²) in [6.45, 7) is 3.83. The number of methoxy groups -OCH3 is 1. The molecule has 0 saturated carbocycles. The van der Waals surface area contributed by atoms with Crippen LogP contribution < -0.4 is 4.74 Å². The molecule has 2 fully saturated rings. The Balaban J connectivity index is 1.50. The van der Waals surface area contributed by atoms with E-state index >= 15 is 0 Å². The summed E-state index contributed by atoms with van der Waals surface area (Å²) in [4.78, 5) is 21.5. The number of likely N-dealkylation sites (tertiary alicyclic amines) is 2. The van der Waals surface area contributed by atoms with Gasteiger partial charge in [0.15, 0.2) is 0 Å². The summed E-state index contributed by atoms with van der Waals surface area (Å²) in [5.41, 5.74) is 1.63. The van der Waals surface area contributed by atoms with E-state index in [1.807, 2.05) is 11.0 Å². The number of halogens is 1. The van der Waals surface area contributed by atoms with Gasteiger partial charge < -0.3 is 14.5 Å². The average molecular weight is 383 g/mol. The zero-order chi connectivity index (χ0) is 19.5. The lowest BCUT2D eigenvalue weighted by Gasteiger charge is -2.28. The Morgan fingerprint density at radius 1 is 1.14 bits per heavy atom. The molecular weight excluding hydrogens is 357 g/mol. The molecule has 0 N–H and O–H groups in total. The number of amides is 1. The van der Waals surface area contributed by atoms with Crippen molar-refractivity contribution in [2.24, 2.45) is 0 Å². The third kappa shape index (κ3) is 3.87. The molecule has 1 amide bonds. The van der Waals surface area contributed by atoms with Gasteiger partial charge in [-0.1, -0.05) is 6.07 Å². The molecule has 1 aromatic heterocycles. The van der Waals surface area contributed by atoms with Gasteiger partial charge in [-0.25, -0.2) is 9.37 Å². The number of nitrogens with zero attached hydrogens (tertiary/aromatic N) is 3. The van der Waals surface area contributed by atoms with Crippen LogP contribution in [0.25, 0.3) is 11.1 Å². The van der Waals surface area contributed by atoms with Crippen LogP contribution >= 0.6 is 0 Å². The first kappa shape index (κ1) is 18.9. The van der Waals surface area contributed by atoms with E-state index in [9.17, 15) is 9.18 Å². The number of ether oxygens (including phenoxy) is 1. The molecule has 2 aliphatic rings. The SMILES string of the molecule is COc1ccc(-c2ccc(C(=O)N3CCC[C@H]3CN3CCCC3)c(F)c2)cn1. The number of rotatable bonds is 5. The molecule has 3 heterocycles. The third-order valence-electron chi connectivity index (χ3n) is 5.78. The summed E-state index contributed by atoms with van der Waals surface area (Å²) < 4.78 is 19.9. The lowest BCUT2D eigenvalue weighted by Crippen LogP contribution is -2.42. The standard InChI is InChI=1S/C22H26FN3O2/c1-28-21-9-7-17(14-24-21)16-6-8-19(20(23)13-16)22(27)26-12-4-5-18(26)15-25-10-2-3-11-25/h6-9,13-14,18H,2-5,10-12,15H2,1H3/t18-/m0/s1. The van der Waals surface area contributed by atoms with Crippen LogP contribution in [0.15, 0.2) is 36.5 Å². The number of carbonyl (C=O) groups is 1. The average Bonchev–Trinajstić information content (AvgIpc) is 3.40. The molecular formula is C22H26FN3O2. The minimum Gasteiger partial charge on any atom is -0.481 e. The maximum atomic E-state index is 14.8. The predicted molar refractivity (Wildman–Crippen MR) is 106 cm³/mol. The van der Waals surface area contributed by atoms with Crippen molar-refractivity contribution in [1.82, 2.24) is 14.8 Å². The highest BCUT2D eigenvalue weighted by Crippen LogP contribution is 2.26. The normalized spacial score (nSPS) is 19.9. The van der Waals surface area contributed by atoms with E-state index in [1.165, 1.54) is 18.9 Å². The predicted octanol–water partition coefficient (Wildman–Crippen LogP) is 3.60. The molecule has 28 heavy (non-hydrogen) atoms. The highest BCUT2D eigenvalue weighted by Gasteiger charge is 2.32. The zero-order valence-corrected chi connectivity index (χ0v) is 16.2. The van der Waals surface area contributed by atoms with Crippen molar-refractivity contribution in [3.8, 4) is 17.0 Å². The fourth-order valence-corrected chi connectivity index (χ4v) is 4.25. The Hall–Kier alpha value is -2.47. The number of pyridine rings is 1. The Morgan fingerprint density at radius 2 is 1.93 bits per heavy atom. The second kappa shape index (κ2) is 8.27. The monoisotopic (exact) mass is 383 g/mol. The zero-order valence-electron chi connectivity index (χ0n) is 16.2. The van der Waals surface area contributed by atoms with Gasteiger partial charge in [-0.3, -0.25) is 4.79 Å². The quantitative estimate of drug-likeness (QED) is 0.792. The highest BCUT2D eigenvalue weighted by molar-refractivity contribution is 5.95. The largest absolute Gasteiger partial charge is 0.481 e. The van der Waals surface area contributed by atoms with Crippen LogP contribution in [0.3, 0.4) is 0 Å². The van der Waals surface area contributed by atoms with Crippen molar-refractivity contribution < 1.29 is 13.9 Å². The smallest absolute Gasteiger partial charge is 0.257 e. The van der Waals surface area contributed by atoms with Gasteiger partial charge in [-0.05, 0) is 62.5 Å². The molecule has 0 bridgehead atoms. The van der Waals surface area contributed by atoms with Crippen molar-refractivity contribution in [3.05, 3.63) is 47.9 Å². The molecule has 6 heteroatoms. The second-order valence-corrected chi connectivity index (χ2v) is 7.59. The van der Waals surface area contributed by atoms with Crippen molar-refractivity contribution in [2.75, 3.05) is 33.3 Å². The summed E-state index contributed by atoms with van der Waals surface area (Å²) in [7, 11) is 1.55. The summed E-state index contributed by atoms with van der Waals surface area (Å²) in [5.74, 6) is -0.169. The minimum atomic E-state index is -0.481. The first-order chi connectivity index (χ1) is 13.7. The molecule has 1 atom stereocenters. The second-order valence-electron chi connectivity index (χ2n) is 7.59. The molecule has 2 aliphatic heterocycles. The summed E-state index contributed by atoms with van der Waals surface area (Å²) >= 11 is 0. The Labute approximate surface area is 165 Å². The molecule has 0 spiro atoms. The van der Waals surface area contributed by atoms with E-state index in [2.05, 4.69) is 9.88 Å². The maximum absolute atomic E-state index is 14.8. The van der Waals surface area contributed by atoms with Gasteiger partial charge in [0.05, 0.1) is 12.7 Å². The Morgan fingerprint density at radius 3 is 2.61 bits per heavy atom. The van der Waals surface area contributed by atoms with Crippen LogP contribution in [0.4, 0.5) is 4.39 Å². The summed E-state index contributed by atoms with van der Waals surface area (Å²) in [6.07, 6.45) is 6.09. The van der Waals surface area contributed by atoms with Gasteiger partial charge in [-0.15, -0.1) is 0 Å². The number of hydrogen-bond donors (Lipinski definition) is 0. The van der Waals surface area contributed by atoms with E-state index in [0.717, 1.165) is 38.0 Å². The number of carbonyl (C=O) groups excluding carboxylic acids is 1. The Bertz CT molecular complexity index is 834. The number of benzene rings is 1. The molecule has 2 saturated heterocycles. The van der Waals surface area contributed by atoms with Crippen molar-refractivity contribution in [2.45, 2.75) is 31.7 Å². The van der Waals surface area contributed by atoms with Crippen LogP contribution in [-0.4, -0.2) is 60.0 Å². The van der Waals surface area contributed by atoms with Gasteiger partial charge in [0.25, 0.3) is 5.91 Å². The van der Waals surface area contributed by atoms with E-state index in [-0.39, 0.29) is 17.5 Å². The molecule has 148 valence electrons. The maximum Gasteiger partial charge on any atom is 0.257 e. The summed E-state index contributed by atoms with van der Waals surface area (Å²) in [6, 6.07) is 8.56. The lowest BCUT2D eigenvalue weighted by molar-refractivity contribution is 0.0704. The molecule has 0 aliphatic carbocycles. The molecule has 1 aromatic carbocycles. The molecule has 5 nitrogen and oxygen atoms in total. The van der Waals surface area contributed by atoms with Crippen LogP contribution in [0.1, 0.15) is 36.0 Å². The minimum absolute atomic E-state index is 0.151. The number of hydrogen-bond acceptors (Lipinski definition) is 4. The fourth-order valence-electron chi connectivity index (χ4n) is 4.25. The van der Waals surface area contributed by atoms with Gasteiger partial charge >= 0.3 is 0 Å². The van der Waals surface area contributed by atoms with Crippen molar-refractivity contribution in [3.63, 3.8) is 0 Å². The van der Waals surface area contributed by atoms with E-state index in [0.29, 0.717) is 18.0 Å². The van der Waals surface area contributed by atoms with E-state index in [4.69, 9.17) is 4.74 Å². The molecule has 0 unspecified atom stereocenters. The first-order valence-electron chi connectivity index (χ1n) is 9.99. The van der Waals surface area contributed by atoms with E-state index in [1.54, 1.807) is 31.5 Å². The molecule has 4 rings (SSSR count). The van der Waals surface area contributed by atoms with Gasteiger partial charge in [0.1, 0.15) is 5.82 Å². The highest BCUT2D eigenvalue weighted by atomic mass is 19.1. The van der Waals surface area contributed by atoms with Crippen molar-refractivity contribution in [1.29, 1.82) is 0 Å². The van der Waals surface area contributed by atoms with Gasteiger partial charge in [-0.2, -0.15) is 0 Å². The van der Waals surface area contributed by atoms with Gasteiger partial charge in [0, 0.05) is 37.0 Å². The van der Waals surface area contributed by atoms with Crippen molar-refractivity contribution >= 4 is 5.91 Å². The topological polar surface area (TPSA) is 45.7 Å². The van der Waals surface area contributed by atoms with Crippen LogP contribution in [-0.2, 0) is 0 Å². The van der Waals surface area contributed by atoms with Gasteiger partial charge in [0.2, 0.25) is 5.88 Å². The fraction of sp³-hybridized carbons (Fsp3) is 0.455. The summed E-state index contributed by atoms with van der Waals surface area (Å²) in [5, 5.41) is 0. The van der Waals surface area contributed by atoms with Crippen LogP contribution in [0, 0.1) is 5.82 Å². The van der Waals surface area contributed by atoms with Crippen LogP contribution in [0.5, 0.6) is 5.88 Å². The van der Waals surface area contributed by atoms with Crippen LogP contribution in [0.2, 0.25) is 0 Å². The van der Waals surface area contributed by atoms with E-state index < -0.39 is 5.82 Å².